The second kappa shape index (κ2) is 5.35. The zero-order valence-electron chi connectivity index (χ0n) is 7.37. The minimum atomic E-state index is -0.573. The molecule has 12 heavy (non-hydrogen) atoms. The van der Waals surface area contributed by atoms with Gasteiger partial charge in [0.15, 0.2) is 0 Å². The van der Waals surface area contributed by atoms with Crippen LogP contribution in [0.25, 0.3) is 0 Å². The first-order valence-electron chi connectivity index (χ1n) is 3.53. The summed E-state index contributed by atoms with van der Waals surface area (Å²) in [5, 5.41) is 0. The van der Waals surface area contributed by atoms with Crippen molar-refractivity contribution < 1.29 is 19.1 Å². The molecule has 4 nitrogen and oxygen atoms in total. The molecule has 0 aromatic heterocycles. The van der Waals surface area contributed by atoms with Crippen molar-refractivity contribution in [1.29, 1.82) is 0 Å². The van der Waals surface area contributed by atoms with Gasteiger partial charge in [0, 0.05) is 12.2 Å². The monoisotopic (exact) mass is 172 g/mol. The Hall–Kier alpha value is -1.32. The van der Waals surface area contributed by atoms with Crippen LogP contribution in [0.1, 0.15) is 13.8 Å². The van der Waals surface area contributed by atoms with Crippen molar-refractivity contribution in [3.8, 4) is 0 Å². The fourth-order valence-electron chi connectivity index (χ4n) is 0.476. The van der Waals surface area contributed by atoms with E-state index in [1.54, 1.807) is 13.8 Å². The van der Waals surface area contributed by atoms with Crippen LogP contribution in [0.15, 0.2) is 12.2 Å². The number of methoxy groups -OCH3 is 1. The third kappa shape index (κ3) is 5.46. The number of rotatable bonds is 3. The predicted octanol–water partition coefficient (Wildman–Crippen LogP) is 0.667. The van der Waals surface area contributed by atoms with E-state index in [0.29, 0.717) is 0 Å². The van der Waals surface area contributed by atoms with Gasteiger partial charge in [-0.25, -0.2) is 9.59 Å². The van der Waals surface area contributed by atoms with Gasteiger partial charge in [-0.15, -0.1) is 0 Å². The number of esters is 2. The van der Waals surface area contributed by atoms with E-state index in [0.717, 1.165) is 12.2 Å². The van der Waals surface area contributed by atoms with Gasteiger partial charge >= 0.3 is 11.9 Å². The van der Waals surface area contributed by atoms with E-state index in [1.165, 1.54) is 7.11 Å². The highest BCUT2D eigenvalue weighted by atomic mass is 16.5. The van der Waals surface area contributed by atoms with Crippen molar-refractivity contribution in [1.82, 2.24) is 0 Å². The Bertz CT molecular complexity index is 193. The van der Waals surface area contributed by atoms with Crippen molar-refractivity contribution in [3.05, 3.63) is 12.2 Å². The first kappa shape index (κ1) is 10.7. The molecule has 0 N–H and O–H groups in total. The number of hydrogen-bond donors (Lipinski definition) is 0. The Labute approximate surface area is 71.2 Å². The molecule has 0 radical (unpaired) electrons. The maximum atomic E-state index is 10.8. The molecule has 0 fully saturated rings. The maximum Gasteiger partial charge on any atom is 0.331 e. The molecule has 4 heteroatoms. The van der Waals surface area contributed by atoms with Crippen LogP contribution in [-0.4, -0.2) is 25.2 Å². The molecule has 0 aliphatic rings. The van der Waals surface area contributed by atoms with Gasteiger partial charge in [0.2, 0.25) is 0 Å². The van der Waals surface area contributed by atoms with Crippen LogP contribution in [0.2, 0.25) is 0 Å². The van der Waals surface area contributed by atoms with Crippen molar-refractivity contribution >= 4 is 11.9 Å². The van der Waals surface area contributed by atoms with E-state index >= 15 is 0 Å². The number of carbonyl (C=O) groups is 2. The minimum Gasteiger partial charge on any atom is -0.466 e. The summed E-state index contributed by atoms with van der Waals surface area (Å²) in [4.78, 5) is 21.2. The van der Waals surface area contributed by atoms with Gasteiger partial charge in [0.1, 0.15) is 0 Å². The summed E-state index contributed by atoms with van der Waals surface area (Å²) in [6, 6.07) is 0. The Morgan fingerprint density at radius 2 is 1.67 bits per heavy atom. The quantitative estimate of drug-likeness (QED) is 0.463. The van der Waals surface area contributed by atoms with Crippen molar-refractivity contribution in [2.75, 3.05) is 7.11 Å². The first-order chi connectivity index (χ1) is 5.56. The SMILES string of the molecule is COC(=O)/C=C\C(=O)OC(C)C. The van der Waals surface area contributed by atoms with Gasteiger partial charge in [-0.3, -0.25) is 0 Å². The van der Waals surface area contributed by atoms with E-state index in [1.807, 2.05) is 0 Å². The summed E-state index contributed by atoms with van der Waals surface area (Å²) < 4.78 is 8.98. The van der Waals surface area contributed by atoms with Crippen LogP contribution in [0.3, 0.4) is 0 Å². The van der Waals surface area contributed by atoms with Crippen LogP contribution in [0.5, 0.6) is 0 Å². The highest BCUT2D eigenvalue weighted by Gasteiger charge is 2.00. The van der Waals surface area contributed by atoms with Crippen molar-refractivity contribution in [2.24, 2.45) is 0 Å². The van der Waals surface area contributed by atoms with Crippen LogP contribution in [-0.2, 0) is 19.1 Å². The lowest BCUT2D eigenvalue weighted by Gasteiger charge is -2.03. The second-order valence-corrected chi connectivity index (χ2v) is 2.34. The summed E-state index contributed by atoms with van der Waals surface area (Å²) >= 11 is 0. The molecule has 0 bridgehead atoms. The Balaban J connectivity index is 3.83. The molecule has 0 atom stereocenters. The molecular formula is C8H12O4. The van der Waals surface area contributed by atoms with Crippen LogP contribution in [0, 0.1) is 0 Å². The van der Waals surface area contributed by atoms with Crippen LogP contribution in [0.4, 0.5) is 0 Å². The van der Waals surface area contributed by atoms with Crippen molar-refractivity contribution in [3.63, 3.8) is 0 Å². The summed E-state index contributed by atoms with van der Waals surface area (Å²) in [6.45, 7) is 3.45. The van der Waals surface area contributed by atoms with Crippen molar-refractivity contribution in [2.45, 2.75) is 20.0 Å². The standard InChI is InChI=1S/C8H12O4/c1-6(2)12-8(10)5-4-7(9)11-3/h4-6H,1-3H3/b5-4-. The topological polar surface area (TPSA) is 52.6 Å². The van der Waals surface area contributed by atoms with Gasteiger partial charge in [0.25, 0.3) is 0 Å². The van der Waals surface area contributed by atoms with Gasteiger partial charge in [0.05, 0.1) is 13.2 Å². The summed E-state index contributed by atoms with van der Waals surface area (Å²) in [5.41, 5.74) is 0. The second-order valence-electron chi connectivity index (χ2n) is 2.34. The molecule has 0 rings (SSSR count). The minimum absolute atomic E-state index is 0.181. The molecule has 0 aromatic rings. The fourth-order valence-corrected chi connectivity index (χ4v) is 0.476. The van der Waals surface area contributed by atoms with Gasteiger partial charge in [-0.05, 0) is 13.8 Å². The lowest BCUT2D eigenvalue weighted by Crippen LogP contribution is -2.09. The zero-order valence-corrected chi connectivity index (χ0v) is 7.37. The molecule has 0 amide bonds. The van der Waals surface area contributed by atoms with E-state index < -0.39 is 11.9 Å². The fraction of sp³-hybridized carbons (Fsp3) is 0.500. The summed E-state index contributed by atoms with van der Waals surface area (Å²) in [5.74, 6) is -1.12. The lowest BCUT2D eigenvalue weighted by molar-refractivity contribution is -0.142. The molecule has 0 saturated carbocycles. The molecule has 0 spiro atoms. The predicted molar refractivity (Wildman–Crippen MR) is 42.4 cm³/mol. The van der Waals surface area contributed by atoms with E-state index in [4.69, 9.17) is 4.74 Å². The highest BCUT2D eigenvalue weighted by Crippen LogP contribution is 1.90. The largest absolute Gasteiger partial charge is 0.466 e. The van der Waals surface area contributed by atoms with E-state index in [2.05, 4.69) is 4.74 Å². The average molecular weight is 172 g/mol. The number of ether oxygens (including phenoxy) is 2. The van der Waals surface area contributed by atoms with Gasteiger partial charge < -0.3 is 9.47 Å². The van der Waals surface area contributed by atoms with E-state index in [-0.39, 0.29) is 6.10 Å². The smallest absolute Gasteiger partial charge is 0.331 e. The normalized spacial score (nSPS) is 10.3. The maximum absolute atomic E-state index is 10.8. The number of hydrogen-bond acceptors (Lipinski definition) is 4. The molecule has 0 unspecified atom stereocenters. The molecule has 0 saturated heterocycles. The highest BCUT2D eigenvalue weighted by molar-refractivity contribution is 5.91. The summed E-state index contributed by atoms with van der Waals surface area (Å²) in [7, 11) is 1.24. The summed E-state index contributed by atoms with van der Waals surface area (Å²) in [6.07, 6.45) is 1.87. The van der Waals surface area contributed by atoms with E-state index in [9.17, 15) is 9.59 Å². The van der Waals surface area contributed by atoms with Crippen LogP contribution < -0.4 is 0 Å². The first-order valence-corrected chi connectivity index (χ1v) is 3.53. The lowest BCUT2D eigenvalue weighted by atomic mass is 10.4. The molecule has 68 valence electrons. The van der Waals surface area contributed by atoms with Gasteiger partial charge in [-0.2, -0.15) is 0 Å². The number of carbonyl (C=O) groups excluding carboxylic acids is 2. The van der Waals surface area contributed by atoms with Crippen LogP contribution >= 0.6 is 0 Å². The van der Waals surface area contributed by atoms with Gasteiger partial charge in [-0.1, -0.05) is 0 Å². The third-order valence-corrected chi connectivity index (χ3v) is 0.909. The molecule has 0 aliphatic heterocycles. The zero-order chi connectivity index (χ0) is 9.56. The average Bonchev–Trinajstić information content (AvgIpc) is 1.99. The molecule has 0 heterocycles. The molecule has 0 aliphatic carbocycles. The Morgan fingerprint density at radius 3 is 2.08 bits per heavy atom. The molecular weight excluding hydrogens is 160 g/mol. The Kier molecular flexibility index (Phi) is 4.76. The third-order valence-electron chi connectivity index (χ3n) is 0.909. The Morgan fingerprint density at radius 1 is 1.17 bits per heavy atom. The molecule has 0 aromatic carbocycles.